The van der Waals surface area contributed by atoms with Gasteiger partial charge in [-0.25, -0.2) is 4.98 Å². The van der Waals surface area contributed by atoms with E-state index in [1.165, 1.54) is 5.56 Å². The molecular weight excluding hydrogens is 262 g/mol. The molecule has 0 atom stereocenters. The highest BCUT2D eigenvalue weighted by Gasteiger charge is 2.08. The van der Waals surface area contributed by atoms with E-state index >= 15 is 0 Å². The second-order valence-electron chi connectivity index (χ2n) is 5.55. The third kappa shape index (κ3) is 6.44. The minimum atomic E-state index is 0.414. The highest BCUT2D eigenvalue weighted by atomic mass is 16.5. The Bertz CT molecular complexity index is 403. The first-order valence-electron chi connectivity index (χ1n) is 8.17. The van der Waals surface area contributed by atoms with Gasteiger partial charge in [-0.3, -0.25) is 0 Å². The number of nitrogens with one attached hydrogen (secondary N) is 1. The molecule has 0 bridgehead atoms. The highest BCUT2D eigenvalue weighted by molar-refractivity contribution is 5.26. The molecule has 4 heteroatoms. The molecule has 1 heterocycles. The molecule has 0 aliphatic rings. The van der Waals surface area contributed by atoms with Crippen LogP contribution in [0.25, 0.3) is 0 Å². The van der Waals surface area contributed by atoms with Gasteiger partial charge in [0.05, 0.1) is 0 Å². The first-order valence-corrected chi connectivity index (χ1v) is 8.17. The topological polar surface area (TPSA) is 37.4 Å². The van der Waals surface area contributed by atoms with Gasteiger partial charge in [0.25, 0.3) is 0 Å². The van der Waals surface area contributed by atoms with Crippen molar-refractivity contribution in [3.63, 3.8) is 0 Å². The second kappa shape index (κ2) is 9.74. The van der Waals surface area contributed by atoms with Gasteiger partial charge in [-0.1, -0.05) is 34.6 Å². The molecule has 0 spiro atoms. The number of aromatic nitrogens is 1. The molecule has 0 radical (unpaired) electrons. The van der Waals surface area contributed by atoms with Crippen LogP contribution in [0.15, 0.2) is 12.1 Å². The molecule has 1 N–H and O–H groups in total. The van der Waals surface area contributed by atoms with Crippen molar-refractivity contribution in [1.82, 2.24) is 15.2 Å². The van der Waals surface area contributed by atoms with E-state index < -0.39 is 0 Å². The van der Waals surface area contributed by atoms with Gasteiger partial charge in [-0.2, -0.15) is 0 Å². The fourth-order valence-electron chi connectivity index (χ4n) is 2.14. The molecule has 120 valence electrons. The van der Waals surface area contributed by atoms with E-state index in [9.17, 15) is 0 Å². The summed E-state index contributed by atoms with van der Waals surface area (Å²) in [5.74, 6) is 1.16. The standard InChI is InChI=1S/C17H31N3O/c1-6-18-13-15-11-16(14(4)5)19-17(12-15)21-10-9-20(7-2)8-3/h11-12,14,18H,6-10,13H2,1-5H3. The van der Waals surface area contributed by atoms with E-state index in [-0.39, 0.29) is 0 Å². The predicted octanol–water partition coefficient (Wildman–Crippen LogP) is 3.04. The number of pyridine rings is 1. The minimum Gasteiger partial charge on any atom is -0.476 e. The van der Waals surface area contributed by atoms with Gasteiger partial charge in [0.15, 0.2) is 0 Å². The SMILES string of the molecule is CCNCc1cc(OCCN(CC)CC)nc(C(C)C)c1. The largest absolute Gasteiger partial charge is 0.476 e. The Morgan fingerprint density at radius 3 is 2.48 bits per heavy atom. The van der Waals surface area contributed by atoms with Gasteiger partial charge >= 0.3 is 0 Å². The molecule has 0 saturated carbocycles. The average molecular weight is 293 g/mol. The molecule has 0 aliphatic heterocycles. The zero-order chi connectivity index (χ0) is 15.7. The van der Waals surface area contributed by atoms with Gasteiger partial charge in [0, 0.05) is 24.8 Å². The Balaban J connectivity index is 2.68. The summed E-state index contributed by atoms with van der Waals surface area (Å²) in [6.45, 7) is 16.4. The van der Waals surface area contributed by atoms with Crippen molar-refractivity contribution in [1.29, 1.82) is 0 Å². The van der Waals surface area contributed by atoms with Crippen LogP contribution < -0.4 is 10.1 Å². The Hall–Kier alpha value is -1.13. The van der Waals surface area contributed by atoms with Crippen molar-refractivity contribution < 1.29 is 4.74 Å². The van der Waals surface area contributed by atoms with Gasteiger partial charge in [0.2, 0.25) is 5.88 Å². The zero-order valence-electron chi connectivity index (χ0n) is 14.3. The van der Waals surface area contributed by atoms with Crippen LogP contribution in [-0.2, 0) is 6.54 Å². The predicted molar refractivity (Wildman–Crippen MR) is 89.0 cm³/mol. The molecule has 21 heavy (non-hydrogen) atoms. The Kier molecular flexibility index (Phi) is 8.31. The number of ether oxygens (including phenoxy) is 1. The third-order valence-corrected chi connectivity index (χ3v) is 3.60. The lowest BCUT2D eigenvalue weighted by molar-refractivity contribution is 0.217. The van der Waals surface area contributed by atoms with Crippen LogP contribution in [0.5, 0.6) is 5.88 Å². The first-order chi connectivity index (χ1) is 10.1. The Morgan fingerprint density at radius 2 is 1.90 bits per heavy atom. The van der Waals surface area contributed by atoms with E-state index in [1.807, 2.05) is 0 Å². The molecule has 0 unspecified atom stereocenters. The maximum Gasteiger partial charge on any atom is 0.213 e. The Morgan fingerprint density at radius 1 is 1.19 bits per heavy atom. The van der Waals surface area contributed by atoms with Crippen molar-refractivity contribution >= 4 is 0 Å². The Labute approximate surface area is 129 Å². The van der Waals surface area contributed by atoms with Crippen LogP contribution in [0.2, 0.25) is 0 Å². The summed E-state index contributed by atoms with van der Waals surface area (Å²) in [5, 5.41) is 3.36. The van der Waals surface area contributed by atoms with Crippen LogP contribution in [0, 0.1) is 0 Å². The normalized spacial score (nSPS) is 11.4. The monoisotopic (exact) mass is 293 g/mol. The molecule has 0 saturated heterocycles. The van der Waals surface area contributed by atoms with Crippen molar-refractivity contribution in [2.75, 3.05) is 32.8 Å². The summed E-state index contributed by atoms with van der Waals surface area (Å²) in [7, 11) is 0. The zero-order valence-corrected chi connectivity index (χ0v) is 14.3. The smallest absolute Gasteiger partial charge is 0.213 e. The van der Waals surface area contributed by atoms with E-state index in [1.54, 1.807) is 0 Å². The van der Waals surface area contributed by atoms with E-state index in [0.717, 1.165) is 44.3 Å². The summed E-state index contributed by atoms with van der Waals surface area (Å²) in [6.07, 6.45) is 0. The number of hydrogen-bond donors (Lipinski definition) is 1. The lowest BCUT2D eigenvalue weighted by atomic mass is 10.1. The molecule has 1 aromatic heterocycles. The van der Waals surface area contributed by atoms with Crippen LogP contribution in [0.3, 0.4) is 0 Å². The summed E-state index contributed by atoms with van der Waals surface area (Å²) in [4.78, 5) is 6.97. The molecule has 0 fully saturated rings. The molecule has 0 amide bonds. The summed E-state index contributed by atoms with van der Waals surface area (Å²) in [5.41, 5.74) is 2.34. The third-order valence-electron chi connectivity index (χ3n) is 3.60. The van der Waals surface area contributed by atoms with Crippen LogP contribution in [0.1, 0.15) is 51.8 Å². The van der Waals surface area contributed by atoms with E-state index in [2.05, 4.69) is 62.0 Å². The number of hydrogen-bond acceptors (Lipinski definition) is 4. The number of rotatable bonds is 10. The van der Waals surface area contributed by atoms with Crippen molar-refractivity contribution in [2.24, 2.45) is 0 Å². The summed E-state index contributed by atoms with van der Waals surface area (Å²) in [6, 6.07) is 4.22. The summed E-state index contributed by atoms with van der Waals surface area (Å²) >= 11 is 0. The molecule has 1 rings (SSSR count). The average Bonchev–Trinajstić information content (AvgIpc) is 2.49. The summed E-state index contributed by atoms with van der Waals surface area (Å²) < 4.78 is 5.87. The van der Waals surface area contributed by atoms with E-state index in [4.69, 9.17) is 4.74 Å². The molecular formula is C17H31N3O. The maximum absolute atomic E-state index is 5.87. The van der Waals surface area contributed by atoms with Gasteiger partial charge in [-0.05, 0) is 37.2 Å². The highest BCUT2D eigenvalue weighted by Crippen LogP contribution is 2.19. The van der Waals surface area contributed by atoms with Crippen molar-refractivity contribution in [3.05, 3.63) is 23.4 Å². The van der Waals surface area contributed by atoms with Gasteiger partial charge < -0.3 is 15.0 Å². The number of nitrogens with zero attached hydrogens (tertiary/aromatic N) is 2. The first kappa shape index (κ1) is 17.9. The maximum atomic E-state index is 5.87. The van der Waals surface area contributed by atoms with E-state index in [0.29, 0.717) is 12.5 Å². The van der Waals surface area contributed by atoms with Crippen molar-refractivity contribution in [3.8, 4) is 5.88 Å². The van der Waals surface area contributed by atoms with Crippen LogP contribution >= 0.6 is 0 Å². The molecule has 4 nitrogen and oxygen atoms in total. The number of likely N-dealkylation sites (N-methyl/N-ethyl adjacent to an activating group) is 1. The lowest BCUT2D eigenvalue weighted by Gasteiger charge is -2.18. The quantitative estimate of drug-likeness (QED) is 0.719. The molecule has 1 aromatic rings. The van der Waals surface area contributed by atoms with Crippen molar-refractivity contribution in [2.45, 2.75) is 47.1 Å². The van der Waals surface area contributed by atoms with Gasteiger partial charge in [0.1, 0.15) is 6.61 Å². The minimum absolute atomic E-state index is 0.414. The lowest BCUT2D eigenvalue weighted by Crippen LogP contribution is -2.28. The fraction of sp³-hybridized carbons (Fsp3) is 0.706. The van der Waals surface area contributed by atoms with Gasteiger partial charge in [-0.15, -0.1) is 0 Å². The molecule has 0 aliphatic carbocycles. The van der Waals surface area contributed by atoms with Crippen LogP contribution in [0.4, 0.5) is 0 Å². The second-order valence-corrected chi connectivity index (χ2v) is 5.55. The molecule has 0 aromatic carbocycles. The fourth-order valence-corrected chi connectivity index (χ4v) is 2.14. The van der Waals surface area contributed by atoms with Crippen LogP contribution in [-0.4, -0.2) is 42.7 Å².